The van der Waals surface area contributed by atoms with Crippen LogP contribution >= 0.6 is 12.4 Å². The van der Waals surface area contributed by atoms with Gasteiger partial charge >= 0.3 is 0 Å². The molecule has 0 atom stereocenters. The van der Waals surface area contributed by atoms with Crippen LogP contribution in [-0.2, 0) is 0 Å². The smallest absolute Gasteiger partial charge is 0.0473 e. The fraction of sp³-hybridized carbons (Fsp3) is 0.333. The van der Waals surface area contributed by atoms with E-state index in [0.717, 1.165) is 0 Å². The Morgan fingerprint density at radius 2 is 1.60 bits per heavy atom. The van der Waals surface area contributed by atoms with Crippen LogP contribution in [0.25, 0.3) is 0 Å². The lowest BCUT2D eigenvalue weighted by molar-refractivity contribution is 0.824. The average molecular weight is 96.6 g/mol. The Kier molecular flexibility index (Phi) is 146. The second kappa shape index (κ2) is 36.4. The SMILES string of the molecule is C=CC.Cl.O. The van der Waals surface area contributed by atoms with Crippen molar-refractivity contribution in [3.63, 3.8) is 0 Å². The van der Waals surface area contributed by atoms with Crippen LogP contribution in [0.1, 0.15) is 6.92 Å². The lowest BCUT2D eigenvalue weighted by Gasteiger charge is -1.31. The van der Waals surface area contributed by atoms with E-state index in [-0.39, 0.29) is 17.9 Å². The highest BCUT2D eigenvalue weighted by Gasteiger charge is 1.15. The lowest BCUT2D eigenvalue weighted by atomic mass is 10.8. The van der Waals surface area contributed by atoms with Gasteiger partial charge in [0.2, 0.25) is 0 Å². The Bertz CT molecular complexity index is 14.4. The first-order chi connectivity index (χ1) is 1.41. The number of hydrogen-bond donors (Lipinski definition) is 0. The summed E-state index contributed by atoms with van der Waals surface area (Å²) < 4.78 is 0. The molecular formula is C3H9ClO. The number of hydrogen-bond acceptors (Lipinski definition) is 0. The summed E-state index contributed by atoms with van der Waals surface area (Å²) in [6.07, 6.45) is 1.75. The Morgan fingerprint density at radius 3 is 1.60 bits per heavy atom. The molecule has 1 nitrogen and oxygen atoms in total. The van der Waals surface area contributed by atoms with Gasteiger partial charge in [0.25, 0.3) is 0 Å². The van der Waals surface area contributed by atoms with Gasteiger partial charge in [0.15, 0.2) is 0 Å². The molecule has 2 heteroatoms. The zero-order chi connectivity index (χ0) is 2.71. The second-order valence-corrected chi connectivity index (χ2v) is 0.408. The summed E-state index contributed by atoms with van der Waals surface area (Å²) >= 11 is 0. The van der Waals surface area contributed by atoms with Crippen molar-refractivity contribution in [3.05, 3.63) is 12.7 Å². The van der Waals surface area contributed by atoms with Crippen molar-refractivity contribution in [2.75, 3.05) is 0 Å². The van der Waals surface area contributed by atoms with Gasteiger partial charge in [-0.1, -0.05) is 6.08 Å². The topological polar surface area (TPSA) is 31.5 Å². The summed E-state index contributed by atoms with van der Waals surface area (Å²) in [6.45, 7) is 5.25. The van der Waals surface area contributed by atoms with E-state index in [1.54, 1.807) is 6.08 Å². The first kappa shape index (κ1) is 20.1. The first-order valence-corrected chi connectivity index (χ1v) is 0.986. The monoisotopic (exact) mass is 96.0 g/mol. The molecule has 0 radical (unpaired) electrons. The van der Waals surface area contributed by atoms with Gasteiger partial charge in [-0.15, -0.1) is 19.0 Å². The molecule has 5 heavy (non-hydrogen) atoms. The van der Waals surface area contributed by atoms with Gasteiger partial charge in [0.05, 0.1) is 0 Å². The van der Waals surface area contributed by atoms with Crippen LogP contribution < -0.4 is 0 Å². The average Bonchev–Trinajstić information content (AvgIpc) is 0.918. The highest BCUT2D eigenvalue weighted by Crippen LogP contribution is 1.38. The molecule has 0 saturated heterocycles. The van der Waals surface area contributed by atoms with Gasteiger partial charge in [-0.3, -0.25) is 0 Å². The van der Waals surface area contributed by atoms with Crippen molar-refractivity contribution in [1.29, 1.82) is 0 Å². The summed E-state index contributed by atoms with van der Waals surface area (Å²) in [6, 6.07) is 0. The summed E-state index contributed by atoms with van der Waals surface area (Å²) in [5.74, 6) is 0. The number of rotatable bonds is 0. The summed E-state index contributed by atoms with van der Waals surface area (Å²) in [4.78, 5) is 0. The lowest BCUT2D eigenvalue weighted by Crippen LogP contribution is -1.07. The molecule has 0 aromatic carbocycles. The zero-order valence-electron chi connectivity index (χ0n) is 3.19. The molecule has 0 spiro atoms. The Balaban J connectivity index is -0.0000000200. The molecule has 34 valence electrons. The van der Waals surface area contributed by atoms with Gasteiger partial charge < -0.3 is 5.48 Å². The van der Waals surface area contributed by atoms with Crippen molar-refractivity contribution >= 4 is 12.4 Å². The maximum atomic E-state index is 3.36. The van der Waals surface area contributed by atoms with E-state index in [2.05, 4.69) is 6.58 Å². The minimum atomic E-state index is 0. The highest BCUT2D eigenvalue weighted by molar-refractivity contribution is 5.85. The van der Waals surface area contributed by atoms with Crippen molar-refractivity contribution < 1.29 is 5.48 Å². The number of allylic oxidation sites excluding steroid dienone is 1. The molecule has 0 aliphatic rings. The van der Waals surface area contributed by atoms with E-state index < -0.39 is 0 Å². The molecule has 0 rings (SSSR count). The van der Waals surface area contributed by atoms with E-state index >= 15 is 0 Å². The summed E-state index contributed by atoms with van der Waals surface area (Å²) in [5.41, 5.74) is 0. The second-order valence-electron chi connectivity index (χ2n) is 0.408. The largest absolute Gasteiger partial charge is 0.412 e. The van der Waals surface area contributed by atoms with Gasteiger partial charge in [-0.25, -0.2) is 0 Å². The van der Waals surface area contributed by atoms with Crippen LogP contribution in [0.5, 0.6) is 0 Å². The van der Waals surface area contributed by atoms with Crippen LogP contribution in [-0.4, -0.2) is 5.48 Å². The quantitative estimate of drug-likeness (QED) is 0.400. The molecule has 2 N–H and O–H groups in total. The van der Waals surface area contributed by atoms with E-state index in [4.69, 9.17) is 0 Å². The molecule has 0 heterocycles. The molecule has 0 saturated carbocycles. The van der Waals surface area contributed by atoms with Gasteiger partial charge in [-0.05, 0) is 6.92 Å². The number of halogens is 1. The molecule has 0 unspecified atom stereocenters. The molecule has 0 aliphatic carbocycles. The van der Waals surface area contributed by atoms with E-state index in [1.165, 1.54) is 0 Å². The summed E-state index contributed by atoms with van der Waals surface area (Å²) in [5, 5.41) is 0. The van der Waals surface area contributed by atoms with Crippen LogP contribution in [0, 0.1) is 0 Å². The summed E-state index contributed by atoms with van der Waals surface area (Å²) in [7, 11) is 0. The van der Waals surface area contributed by atoms with Crippen LogP contribution in [0.4, 0.5) is 0 Å². The zero-order valence-corrected chi connectivity index (χ0v) is 4.01. The molecule has 0 fully saturated rings. The Morgan fingerprint density at radius 1 is 1.60 bits per heavy atom. The van der Waals surface area contributed by atoms with Crippen LogP contribution in [0.15, 0.2) is 12.7 Å². The van der Waals surface area contributed by atoms with Gasteiger partial charge in [-0.2, -0.15) is 0 Å². The normalized spacial score (nSPS) is 2.60. The molecule has 0 aliphatic heterocycles. The van der Waals surface area contributed by atoms with Crippen molar-refractivity contribution in [2.45, 2.75) is 6.92 Å². The third-order valence-corrected chi connectivity index (χ3v) is 0. The van der Waals surface area contributed by atoms with Crippen LogP contribution in [0.2, 0.25) is 0 Å². The fourth-order valence-electron chi connectivity index (χ4n) is 0. The molecule has 0 bridgehead atoms. The first-order valence-electron chi connectivity index (χ1n) is 0.986. The predicted molar refractivity (Wildman–Crippen MR) is 26.7 cm³/mol. The molecule has 0 amide bonds. The standard InChI is InChI=1S/C3H6.ClH.H2O/c1-3-2;;/h3H,1H2,2H3;1H;1H2. The van der Waals surface area contributed by atoms with Crippen LogP contribution in [0.3, 0.4) is 0 Å². The predicted octanol–water partition coefficient (Wildman–Crippen LogP) is 0.789. The van der Waals surface area contributed by atoms with Gasteiger partial charge in [0.1, 0.15) is 0 Å². The maximum Gasteiger partial charge on any atom is -0.0473 e. The highest BCUT2D eigenvalue weighted by atomic mass is 35.5. The molecular weight excluding hydrogens is 87.5 g/mol. The third-order valence-electron chi connectivity index (χ3n) is 0. The van der Waals surface area contributed by atoms with Gasteiger partial charge in [0, 0.05) is 0 Å². The minimum Gasteiger partial charge on any atom is -0.412 e. The fourth-order valence-corrected chi connectivity index (χ4v) is 0. The molecule has 0 aromatic rings. The Labute approximate surface area is 38.4 Å². The van der Waals surface area contributed by atoms with Crippen molar-refractivity contribution in [3.8, 4) is 0 Å². The van der Waals surface area contributed by atoms with E-state index in [9.17, 15) is 0 Å². The maximum absolute atomic E-state index is 3.36. The van der Waals surface area contributed by atoms with Crippen molar-refractivity contribution in [1.82, 2.24) is 0 Å². The van der Waals surface area contributed by atoms with Crippen molar-refractivity contribution in [2.24, 2.45) is 0 Å². The Hall–Kier alpha value is -0.0100. The van der Waals surface area contributed by atoms with E-state index in [1.807, 2.05) is 6.92 Å². The van der Waals surface area contributed by atoms with E-state index in [0.29, 0.717) is 0 Å². The molecule has 0 aromatic heterocycles. The minimum absolute atomic E-state index is 0. The third kappa shape index (κ3) is 158000.